The van der Waals surface area contributed by atoms with Gasteiger partial charge in [0.05, 0.1) is 5.56 Å². The van der Waals surface area contributed by atoms with Crippen LogP contribution in [0.15, 0.2) is 95.4 Å². The lowest BCUT2D eigenvalue weighted by atomic mass is 10.0. The first kappa shape index (κ1) is 16.9. The minimum atomic E-state index is -0.0730. The summed E-state index contributed by atoms with van der Waals surface area (Å²) in [5.41, 5.74) is 4.12. The number of rotatable bonds is 5. The van der Waals surface area contributed by atoms with Gasteiger partial charge in [-0.25, -0.2) is 0 Å². The van der Waals surface area contributed by atoms with Crippen LogP contribution in [-0.2, 0) is 0 Å². The molecule has 4 rings (SSSR count). The Balaban J connectivity index is 1.76. The van der Waals surface area contributed by atoms with Crippen molar-refractivity contribution in [3.05, 3.63) is 108 Å². The molecule has 1 aromatic heterocycles. The van der Waals surface area contributed by atoms with Gasteiger partial charge in [0.2, 0.25) is 5.88 Å². The molecule has 4 aromatic rings. The van der Waals surface area contributed by atoms with Crippen LogP contribution in [0.2, 0.25) is 0 Å². The van der Waals surface area contributed by atoms with Gasteiger partial charge in [0.1, 0.15) is 5.76 Å². The van der Waals surface area contributed by atoms with Crippen LogP contribution in [0.25, 0.3) is 11.3 Å². The zero-order chi connectivity index (χ0) is 18.6. The Morgan fingerprint density at radius 2 is 1.44 bits per heavy atom. The normalized spacial score (nSPS) is 10.6. The molecule has 132 valence electrons. The highest BCUT2D eigenvalue weighted by Crippen LogP contribution is 2.32. The van der Waals surface area contributed by atoms with E-state index in [1.54, 1.807) is 6.07 Å². The summed E-state index contributed by atoms with van der Waals surface area (Å²) in [6, 6.07) is 28.8. The van der Waals surface area contributed by atoms with Gasteiger partial charge in [0.25, 0.3) is 0 Å². The lowest BCUT2D eigenvalue weighted by molar-refractivity contribution is 0.103. The second kappa shape index (κ2) is 7.34. The number of benzene rings is 3. The van der Waals surface area contributed by atoms with Crippen LogP contribution in [0.4, 0.5) is 11.6 Å². The van der Waals surface area contributed by atoms with E-state index in [2.05, 4.69) is 5.32 Å². The molecule has 27 heavy (non-hydrogen) atoms. The van der Waals surface area contributed by atoms with Crippen LogP contribution in [0.1, 0.15) is 21.5 Å². The number of aryl methyl sites for hydroxylation is 1. The molecule has 0 unspecified atom stereocenters. The molecular weight excluding hydrogens is 334 g/mol. The SMILES string of the molecule is Cc1ccc(Nc2oc(-c3ccccc3)cc2C(=O)c2ccccc2)cc1. The molecule has 0 spiro atoms. The quantitative estimate of drug-likeness (QED) is 0.432. The summed E-state index contributed by atoms with van der Waals surface area (Å²) in [4.78, 5) is 13.1. The van der Waals surface area contributed by atoms with Gasteiger partial charge >= 0.3 is 0 Å². The van der Waals surface area contributed by atoms with Crippen LogP contribution in [0, 0.1) is 6.92 Å². The molecule has 0 bridgehead atoms. The van der Waals surface area contributed by atoms with E-state index in [9.17, 15) is 4.79 Å². The zero-order valence-electron chi connectivity index (χ0n) is 15.0. The molecule has 3 aromatic carbocycles. The van der Waals surface area contributed by atoms with Crippen LogP contribution in [0.5, 0.6) is 0 Å². The molecular formula is C24H19NO2. The third-order valence-corrected chi connectivity index (χ3v) is 4.38. The number of carbonyl (C=O) groups excluding carboxylic acids is 1. The minimum Gasteiger partial charge on any atom is -0.440 e. The first-order valence-electron chi connectivity index (χ1n) is 8.83. The van der Waals surface area contributed by atoms with E-state index in [-0.39, 0.29) is 5.78 Å². The van der Waals surface area contributed by atoms with E-state index in [1.807, 2.05) is 91.9 Å². The third kappa shape index (κ3) is 3.67. The van der Waals surface area contributed by atoms with Gasteiger partial charge in [0, 0.05) is 16.8 Å². The van der Waals surface area contributed by atoms with Crippen molar-refractivity contribution < 1.29 is 9.21 Å². The third-order valence-electron chi connectivity index (χ3n) is 4.38. The van der Waals surface area contributed by atoms with Crippen molar-refractivity contribution in [1.29, 1.82) is 0 Å². The second-order valence-electron chi connectivity index (χ2n) is 6.41. The summed E-state index contributed by atoms with van der Waals surface area (Å²) in [6.45, 7) is 2.04. The molecule has 1 heterocycles. The molecule has 0 aliphatic carbocycles. The summed E-state index contributed by atoms with van der Waals surface area (Å²) in [5.74, 6) is 1.03. The Kier molecular flexibility index (Phi) is 4.58. The molecule has 0 amide bonds. The Bertz CT molecular complexity index is 1050. The molecule has 0 fully saturated rings. The van der Waals surface area contributed by atoms with E-state index in [0.29, 0.717) is 22.8 Å². The molecule has 0 radical (unpaired) electrons. The van der Waals surface area contributed by atoms with Crippen molar-refractivity contribution in [3.63, 3.8) is 0 Å². The molecule has 0 aliphatic rings. The molecule has 0 atom stereocenters. The van der Waals surface area contributed by atoms with E-state index in [4.69, 9.17) is 4.42 Å². The average Bonchev–Trinajstić information content (AvgIpc) is 3.14. The van der Waals surface area contributed by atoms with E-state index in [1.165, 1.54) is 5.56 Å². The fourth-order valence-corrected chi connectivity index (χ4v) is 2.91. The van der Waals surface area contributed by atoms with Gasteiger partial charge in [-0.3, -0.25) is 4.79 Å². The highest BCUT2D eigenvalue weighted by molar-refractivity contribution is 6.12. The Labute approximate surface area is 158 Å². The number of nitrogens with one attached hydrogen (secondary N) is 1. The van der Waals surface area contributed by atoms with E-state index < -0.39 is 0 Å². The van der Waals surface area contributed by atoms with Crippen molar-refractivity contribution >= 4 is 17.4 Å². The number of anilines is 2. The van der Waals surface area contributed by atoms with Gasteiger partial charge in [0.15, 0.2) is 5.78 Å². The monoisotopic (exact) mass is 353 g/mol. The molecule has 3 heteroatoms. The van der Waals surface area contributed by atoms with Gasteiger partial charge in [-0.05, 0) is 25.1 Å². The summed E-state index contributed by atoms with van der Waals surface area (Å²) in [6.07, 6.45) is 0. The van der Waals surface area contributed by atoms with Crippen LogP contribution in [-0.4, -0.2) is 5.78 Å². The van der Waals surface area contributed by atoms with Crippen molar-refractivity contribution in [3.8, 4) is 11.3 Å². The number of furan rings is 1. The van der Waals surface area contributed by atoms with Crippen molar-refractivity contribution in [1.82, 2.24) is 0 Å². The van der Waals surface area contributed by atoms with Crippen LogP contribution in [0.3, 0.4) is 0 Å². The van der Waals surface area contributed by atoms with E-state index in [0.717, 1.165) is 11.3 Å². The van der Waals surface area contributed by atoms with Crippen LogP contribution < -0.4 is 5.32 Å². The summed E-state index contributed by atoms with van der Waals surface area (Å²) < 4.78 is 6.05. The lowest BCUT2D eigenvalue weighted by Gasteiger charge is -2.06. The standard InChI is InChI=1S/C24H19NO2/c1-17-12-14-20(15-13-17)25-24-21(23(26)19-10-6-3-7-11-19)16-22(27-24)18-8-4-2-5-9-18/h2-16,25H,1H3. The summed E-state index contributed by atoms with van der Waals surface area (Å²) in [7, 11) is 0. The predicted octanol–water partition coefficient (Wildman–Crippen LogP) is 6.23. The molecule has 0 aliphatic heterocycles. The Morgan fingerprint density at radius 3 is 2.11 bits per heavy atom. The molecule has 0 saturated heterocycles. The fraction of sp³-hybridized carbons (Fsp3) is 0.0417. The molecule has 3 nitrogen and oxygen atoms in total. The maximum atomic E-state index is 13.1. The van der Waals surface area contributed by atoms with Crippen LogP contribution >= 0.6 is 0 Å². The zero-order valence-corrected chi connectivity index (χ0v) is 15.0. The summed E-state index contributed by atoms with van der Waals surface area (Å²) >= 11 is 0. The minimum absolute atomic E-state index is 0.0730. The van der Waals surface area contributed by atoms with Crippen molar-refractivity contribution in [2.24, 2.45) is 0 Å². The molecule has 0 saturated carbocycles. The number of hydrogen-bond donors (Lipinski definition) is 1. The first-order valence-corrected chi connectivity index (χ1v) is 8.83. The lowest BCUT2D eigenvalue weighted by Crippen LogP contribution is -2.03. The highest BCUT2D eigenvalue weighted by Gasteiger charge is 2.20. The fourth-order valence-electron chi connectivity index (χ4n) is 2.91. The van der Waals surface area contributed by atoms with Gasteiger partial charge < -0.3 is 9.73 Å². The highest BCUT2D eigenvalue weighted by atomic mass is 16.4. The average molecular weight is 353 g/mol. The predicted molar refractivity (Wildman–Crippen MR) is 108 cm³/mol. The topological polar surface area (TPSA) is 42.2 Å². The summed E-state index contributed by atoms with van der Waals surface area (Å²) in [5, 5.41) is 3.25. The first-order chi connectivity index (χ1) is 13.2. The van der Waals surface area contributed by atoms with Crippen molar-refractivity contribution in [2.45, 2.75) is 6.92 Å². The van der Waals surface area contributed by atoms with Gasteiger partial charge in [-0.2, -0.15) is 0 Å². The number of carbonyl (C=O) groups is 1. The maximum Gasteiger partial charge on any atom is 0.209 e. The van der Waals surface area contributed by atoms with E-state index >= 15 is 0 Å². The van der Waals surface area contributed by atoms with Crippen molar-refractivity contribution in [2.75, 3.05) is 5.32 Å². The second-order valence-corrected chi connectivity index (χ2v) is 6.41. The number of hydrogen-bond acceptors (Lipinski definition) is 3. The van der Waals surface area contributed by atoms with Gasteiger partial charge in [-0.1, -0.05) is 78.4 Å². The largest absolute Gasteiger partial charge is 0.440 e. The Hall–Kier alpha value is -3.59. The Morgan fingerprint density at radius 1 is 0.815 bits per heavy atom. The maximum absolute atomic E-state index is 13.1. The smallest absolute Gasteiger partial charge is 0.209 e. The number of ketones is 1. The molecule has 1 N–H and O–H groups in total. The van der Waals surface area contributed by atoms with Gasteiger partial charge in [-0.15, -0.1) is 0 Å².